The molecule has 1 aliphatic heterocycles. The molecule has 1 aromatic heterocycles. The van der Waals surface area contributed by atoms with Crippen molar-refractivity contribution in [2.75, 3.05) is 25.0 Å². The fourth-order valence-corrected chi connectivity index (χ4v) is 3.09. The van der Waals surface area contributed by atoms with Gasteiger partial charge in [-0.05, 0) is 49.4 Å². The third-order valence-corrected chi connectivity index (χ3v) is 4.43. The quantitative estimate of drug-likeness (QED) is 0.889. The Balaban J connectivity index is 0.00000176. The molecular weight excluding hydrogens is 294 g/mol. The van der Waals surface area contributed by atoms with E-state index in [0.717, 1.165) is 0 Å². The summed E-state index contributed by atoms with van der Waals surface area (Å²) in [7, 11) is 0. The van der Waals surface area contributed by atoms with Crippen LogP contribution in [-0.2, 0) is 0 Å². The first-order chi connectivity index (χ1) is 10.3. The number of fused-ring (bicyclic) bond motifs is 1. The predicted octanol–water partition coefficient (Wildman–Crippen LogP) is 4.33. The first-order valence-corrected chi connectivity index (χ1v) is 8.18. The van der Waals surface area contributed by atoms with Crippen molar-refractivity contribution in [3.8, 4) is 0 Å². The van der Waals surface area contributed by atoms with Crippen LogP contribution in [0.25, 0.3) is 10.8 Å². The van der Waals surface area contributed by atoms with Crippen molar-refractivity contribution in [2.24, 2.45) is 0 Å². The van der Waals surface area contributed by atoms with Crippen LogP contribution in [0.15, 0.2) is 36.7 Å². The van der Waals surface area contributed by atoms with Crippen molar-refractivity contribution in [1.82, 2.24) is 9.88 Å². The van der Waals surface area contributed by atoms with Crippen LogP contribution in [0.1, 0.15) is 32.6 Å². The molecule has 1 N–H and O–H groups in total. The summed E-state index contributed by atoms with van der Waals surface area (Å²) in [5.41, 5.74) is 1.24. The van der Waals surface area contributed by atoms with Crippen LogP contribution in [0.3, 0.4) is 0 Å². The topological polar surface area (TPSA) is 28.2 Å². The van der Waals surface area contributed by atoms with Crippen molar-refractivity contribution in [3.05, 3.63) is 36.7 Å². The molecule has 120 valence electrons. The summed E-state index contributed by atoms with van der Waals surface area (Å²) in [5, 5.41) is 6.17. The largest absolute Gasteiger partial charge is 0.382 e. The van der Waals surface area contributed by atoms with Crippen molar-refractivity contribution in [1.29, 1.82) is 0 Å². The van der Waals surface area contributed by atoms with Gasteiger partial charge in [0.25, 0.3) is 0 Å². The maximum atomic E-state index is 4.17. The second-order valence-electron chi connectivity index (χ2n) is 6.05. The minimum absolute atomic E-state index is 0. The molecule has 0 saturated carbocycles. The first kappa shape index (κ1) is 17.0. The molecule has 2 heterocycles. The van der Waals surface area contributed by atoms with E-state index in [0.29, 0.717) is 6.04 Å². The normalized spacial score (nSPS) is 16.4. The van der Waals surface area contributed by atoms with Gasteiger partial charge in [0.2, 0.25) is 0 Å². The number of rotatable bonds is 5. The Kier molecular flexibility index (Phi) is 6.47. The van der Waals surface area contributed by atoms with Gasteiger partial charge in [0, 0.05) is 42.6 Å². The van der Waals surface area contributed by atoms with Crippen LogP contribution < -0.4 is 5.32 Å². The summed E-state index contributed by atoms with van der Waals surface area (Å²) in [4.78, 5) is 6.77. The van der Waals surface area contributed by atoms with E-state index >= 15 is 0 Å². The monoisotopic (exact) mass is 319 g/mol. The van der Waals surface area contributed by atoms with Crippen LogP contribution in [0.2, 0.25) is 0 Å². The van der Waals surface area contributed by atoms with Gasteiger partial charge in [0.15, 0.2) is 0 Å². The average molecular weight is 320 g/mol. The Hall–Kier alpha value is -1.32. The number of pyridine rings is 1. The summed E-state index contributed by atoms with van der Waals surface area (Å²) in [6, 6.07) is 9.25. The Labute approximate surface area is 139 Å². The highest BCUT2D eigenvalue weighted by atomic mass is 35.5. The number of unbranched alkanes of at least 4 members (excludes halogenated alkanes) is 1. The average Bonchev–Trinajstić information content (AvgIpc) is 2.54. The summed E-state index contributed by atoms with van der Waals surface area (Å²) in [6.45, 7) is 6.00. The fraction of sp³-hybridized carbons (Fsp3) is 0.500. The van der Waals surface area contributed by atoms with Gasteiger partial charge in [-0.25, -0.2) is 0 Å². The lowest BCUT2D eigenvalue weighted by atomic mass is 10.0. The molecule has 0 amide bonds. The van der Waals surface area contributed by atoms with Gasteiger partial charge in [-0.15, -0.1) is 12.4 Å². The van der Waals surface area contributed by atoms with Gasteiger partial charge >= 0.3 is 0 Å². The van der Waals surface area contributed by atoms with Gasteiger partial charge in [0.05, 0.1) is 0 Å². The lowest BCUT2D eigenvalue weighted by Gasteiger charge is -2.32. The summed E-state index contributed by atoms with van der Waals surface area (Å²) < 4.78 is 0. The third kappa shape index (κ3) is 4.34. The molecule has 4 heteroatoms. The van der Waals surface area contributed by atoms with Crippen LogP contribution >= 0.6 is 12.4 Å². The molecule has 2 aromatic rings. The number of aromatic nitrogens is 1. The van der Waals surface area contributed by atoms with E-state index in [1.807, 2.05) is 12.4 Å². The predicted molar refractivity (Wildman–Crippen MR) is 97.0 cm³/mol. The molecule has 1 aromatic carbocycles. The van der Waals surface area contributed by atoms with Crippen LogP contribution in [-0.4, -0.2) is 35.6 Å². The standard InChI is InChI=1S/C18H25N3.ClH/c1-2-3-10-21-11-7-17(8-12-21)20-18-5-4-16-14-19-9-6-15(16)13-18;/h4-6,9,13-14,17,20H,2-3,7-8,10-12H2,1H3;1H. The molecule has 1 fully saturated rings. The van der Waals surface area contributed by atoms with Crippen molar-refractivity contribution in [3.63, 3.8) is 0 Å². The second kappa shape index (κ2) is 8.35. The van der Waals surface area contributed by atoms with Gasteiger partial charge in [-0.2, -0.15) is 0 Å². The summed E-state index contributed by atoms with van der Waals surface area (Å²) in [5.74, 6) is 0. The number of nitrogens with one attached hydrogen (secondary N) is 1. The van der Waals surface area contributed by atoms with Crippen molar-refractivity contribution >= 4 is 28.9 Å². The molecule has 1 aliphatic rings. The zero-order valence-corrected chi connectivity index (χ0v) is 14.1. The summed E-state index contributed by atoms with van der Waals surface area (Å²) >= 11 is 0. The van der Waals surface area contributed by atoms with E-state index in [9.17, 15) is 0 Å². The van der Waals surface area contributed by atoms with Crippen LogP contribution in [0.5, 0.6) is 0 Å². The number of nitrogens with zero attached hydrogens (tertiary/aromatic N) is 2. The highest BCUT2D eigenvalue weighted by Gasteiger charge is 2.18. The molecule has 0 unspecified atom stereocenters. The van der Waals surface area contributed by atoms with E-state index in [1.165, 1.54) is 61.8 Å². The number of halogens is 1. The number of hydrogen-bond donors (Lipinski definition) is 1. The van der Waals surface area contributed by atoms with E-state index < -0.39 is 0 Å². The zero-order valence-electron chi connectivity index (χ0n) is 13.3. The molecule has 22 heavy (non-hydrogen) atoms. The maximum absolute atomic E-state index is 4.17. The molecule has 1 saturated heterocycles. The first-order valence-electron chi connectivity index (χ1n) is 8.18. The minimum atomic E-state index is 0. The molecule has 0 bridgehead atoms. The SMILES string of the molecule is CCCCN1CCC(Nc2ccc3cnccc3c2)CC1.Cl. The fourth-order valence-electron chi connectivity index (χ4n) is 3.09. The highest BCUT2D eigenvalue weighted by Crippen LogP contribution is 2.21. The molecule has 0 spiro atoms. The molecular formula is C18H26ClN3. The number of anilines is 1. The molecule has 0 atom stereocenters. The zero-order chi connectivity index (χ0) is 14.5. The minimum Gasteiger partial charge on any atom is -0.382 e. The van der Waals surface area contributed by atoms with E-state index in [2.05, 4.69) is 46.4 Å². The number of benzene rings is 1. The van der Waals surface area contributed by atoms with Gasteiger partial charge in [0.1, 0.15) is 0 Å². The lowest BCUT2D eigenvalue weighted by molar-refractivity contribution is 0.216. The Morgan fingerprint density at radius 3 is 2.77 bits per heavy atom. The Morgan fingerprint density at radius 1 is 1.18 bits per heavy atom. The van der Waals surface area contributed by atoms with E-state index in [4.69, 9.17) is 0 Å². The maximum Gasteiger partial charge on any atom is 0.0348 e. The van der Waals surface area contributed by atoms with Crippen molar-refractivity contribution < 1.29 is 0 Å². The molecule has 0 radical (unpaired) electrons. The lowest BCUT2D eigenvalue weighted by Crippen LogP contribution is -2.39. The van der Waals surface area contributed by atoms with Crippen molar-refractivity contribution in [2.45, 2.75) is 38.6 Å². The van der Waals surface area contributed by atoms with Crippen LogP contribution in [0, 0.1) is 0 Å². The highest BCUT2D eigenvalue weighted by molar-refractivity contribution is 5.85. The van der Waals surface area contributed by atoms with E-state index in [1.54, 1.807) is 0 Å². The van der Waals surface area contributed by atoms with E-state index in [-0.39, 0.29) is 12.4 Å². The second-order valence-corrected chi connectivity index (χ2v) is 6.05. The molecule has 3 rings (SSSR count). The third-order valence-electron chi connectivity index (χ3n) is 4.43. The summed E-state index contributed by atoms with van der Waals surface area (Å²) in [6.07, 6.45) is 8.90. The van der Waals surface area contributed by atoms with Gasteiger partial charge in [-0.3, -0.25) is 4.98 Å². The number of hydrogen-bond acceptors (Lipinski definition) is 3. The number of likely N-dealkylation sites (tertiary alicyclic amines) is 1. The Bertz CT molecular complexity index is 579. The van der Waals surface area contributed by atoms with Gasteiger partial charge < -0.3 is 10.2 Å². The molecule has 0 aliphatic carbocycles. The molecule has 3 nitrogen and oxygen atoms in total. The van der Waals surface area contributed by atoms with Gasteiger partial charge in [-0.1, -0.05) is 19.4 Å². The van der Waals surface area contributed by atoms with Crippen LogP contribution in [0.4, 0.5) is 5.69 Å². The Morgan fingerprint density at radius 2 is 2.00 bits per heavy atom. The smallest absolute Gasteiger partial charge is 0.0348 e. The number of piperidine rings is 1.